The molecule has 18 heavy (non-hydrogen) atoms. The number of carboxylic acid groups (broad SMARTS) is 1. The van der Waals surface area contributed by atoms with Crippen molar-refractivity contribution in [2.75, 3.05) is 13.1 Å². The predicted octanol–water partition coefficient (Wildman–Crippen LogP) is 1.68. The van der Waals surface area contributed by atoms with Crippen molar-refractivity contribution in [3.8, 4) is 0 Å². The van der Waals surface area contributed by atoms with E-state index in [0.717, 1.165) is 13.1 Å². The van der Waals surface area contributed by atoms with Gasteiger partial charge in [-0.2, -0.15) is 0 Å². The largest absolute Gasteiger partial charge is 0.480 e. The Morgan fingerprint density at radius 1 is 1.22 bits per heavy atom. The van der Waals surface area contributed by atoms with Gasteiger partial charge in [0.2, 0.25) is 0 Å². The Morgan fingerprint density at radius 2 is 1.72 bits per heavy atom. The Hall–Kier alpha value is -1.26. The highest BCUT2D eigenvalue weighted by atomic mass is 16.4. The van der Waals surface area contributed by atoms with E-state index >= 15 is 0 Å². The summed E-state index contributed by atoms with van der Waals surface area (Å²) < 4.78 is 0. The summed E-state index contributed by atoms with van der Waals surface area (Å²) >= 11 is 0. The molecule has 0 radical (unpaired) electrons. The van der Waals surface area contributed by atoms with Gasteiger partial charge in [-0.1, -0.05) is 6.92 Å². The molecule has 0 spiro atoms. The molecule has 2 fully saturated rings. The highest BCUT2D eigenvalue weighted by molar-refractivity contribution is 5.82. The molecule has 5 nitrogen and oxygen atoms in total. The molecule has 0 aromatic rings. The zero-order valence-corrected chi connectivity index (χ0v) is 10.9. The highest BCUT2D eigenvalue weighted by Gasteiger charge is 2.32. The van der Waals surface area contributed by atoms with Crippen LogP contribution in [0.2, 0.25) is 0 Å². The molecule has 2 aliphatic rings. The van der Waals surface area contributed by atoms with Crippen LogP contribution in [0.4, 0.5) is 4.79 Å². The number of hydrogen-bond acceptors (Lipinski definition) is 2. The third kappa shape index (κ3) is 3.89. The van der Waals surface area contributed by atoms with Crippen molar-refractivity contribution >= 4 is 12.0 Å². The average molecular weight is 254 g/mol. The fourth-order valence-corrected chi connectivity index (χ4v) is 2.04. The van der Waals surface area contributed by atoms with Gasteiger partial charge in [-0.05, 0) is 43.9 Å². The van der Waals surface area contributed by atoms with E-state index in [0.29, 0.717) is 18.3 Å². The van der Waals surface area contributed by atoms with Crippen LogP contribution in [-0.2, 0) is 4.79 Å². The van der Waals surface area contributed by atoms with Crippen LogP contribution in [0, 0.1) is 11.8 Å². The fraction of sp³-hybridized carbons (Fsp3) is 0.846. The van der Waals surface area contributed by atoms with Gasteiger partial charge < -0.3 is 15.3 Å². The Morgan fingerprint density at radius 3 is 2.06 bits per heavy atom. The molecule has 102 valence electrons. The molecule has 5 heteroatoms. The fourth-order valence-electron chi connectivity index (χ4n) is 2.04. The van der Waals surface area contributed by atoms with Crippen LogP contribution < -0.4 is 5.32 Å². The zero-order chi connectivity index (χ0) is 13.1. The topological polar surface area (TPSA) is 69.6 Å². The molecule has 0 saturated heterocycles. The molecule has 0 aliphatic heterocycles. The number of carboxylic acids is 1. The third-order valence-electron chi connectivity index (χ3n) is 3.64. The first-order valence-electron chi connectivity index (χ1n) is 6.88. The maximum atomic E-state index is 12.1. The van der Waals surface area contributed by atoms with Crippen molar-refractivity contribution in [1.29, 1.82) is 0 Å². The molecule has 2 N–H and O–H groups in total. The first-order valence-corrected chi connectivity index (χ1v) is 6.88. The number of carbonyl (C=O) groups excluding carboxylic acids is 1. The Labute approximate surface area is 108 Å². The van der Waals surface area contributed by atoms with Gasteiger partial charge in [-0.25, -0.2) is 9.59 Å². The van der Waals surface area contributed by atoms with Crippen LogP contribution >= 0.6 is 0 Å². The quantitative estimate of drug-likeness (QED) is 0.726. The average Bonchev–Trinajstić information content (AvgIpc) is 3.18. The van der Waals surface area contributed by atoms with Crippen LogP contribution in [0.25, 0.3) is 0 Å². The van der Waals surface area contributed by atoms with Crippen LogP contribution in [0.15, 0.2) is 0 Å². The Bertz CT molecular complexity index is 310. The summed E-state index contributed by atoms with van der Waals surface area (Å²) in [5, 5.41) is 11.6. The third-order valence-corrected chi connectivity index (χ3v) is 3.64. The number of aliphatic carboxylic acids is 1. The summed E-state index contributed by atoms with van der Waals surface area (Å²) in [5.41, 5.74) is 0. The minimum Gasteiger partial charge on any atom is -0.480 e. The van der Waals surface area contributed by atoms with Gasteiger partial charge in [0.05, 0.1) is 0 Å². The molecule has 0 aromatic carbocycles. The van der Waals surface area contributed by atoms with Crippen LogP contribution in [-0.4, -0.2) is 41.1 Å². The van der Waals surface area contributed by atoms with Crippen molar-refractivity contribution in [3.05, 3.63) is 0 Å². The standard InChI is InChI=1S/C13H22N2O3/c1-2-11(12(16)17)14-13(18)15(7-9-3-4-9)8-10-5-6-10/h9-11H,2-8H2,1H3,(H,14,18)(H,16,17)/t11-/m1/s1. The number of hydrogen-bond donors (Lipinski definition) is 2. The molecule has 2 saturated carbocycles. The van der Waals surface area contributed by atoms with Gasteiger partial charge in [0.15, 0.2) is 0 Å². The van der Waals surface area contributed by atoms with Crippen LogP contribution in [0.3, 0.4) is 0 Å². The number of carbonyl (C=O) groups is 2. The molecule has 0 aromatic heterocycles. The summed E-state index contributed by atoms with van der Waals surface area (Å²) in [6.07, 6.45) is 5.21. The monoisotopic (exact) mass is 254 g/mol. The molecule has 2 aliphatic carbocycles. The number of nitrogens with zero attached hydrogens (tertiary/aromatic N) is 1. The van der Waals surface area contributed by atoms with Gasteiger partial charge in [-0.15, -0.1) is 0 Å². The van der Waals surface area contributed by atoms with Crippen molar-refractivity contribution < 1.29 is 14.7 Å². The molecule has 2 rings (SSSR count). The summed E-state index contributed by atoms with van der Waals surface area (Å²) in [5.74, 6) is 0.322. The van der Waals surface area contributed by atoms with Gasteiger partial charge in [-0.3, -0.25) is 0 Å². The minimum absolute atomic E-state index is 0.206. The minimum atomic E-state index is -0.955. The molecule has 1 atom stereocenters. The van der Waals surface area contributed by atoms with E-state index in [1.807, 2.05) is 4.90 Å². The van der Waals surface area contributed by atoms with Crippen molar-refractivity contribution in [2.45, 2.75) is 45.1 Å². The second-order valence-electron chi connectivity index (χ2n) is 5.54. The van der Waals surface area contributed by atoms with Gasteiger partial charge in [0.1, 0.15) is 6.04 Å². The normalized spacial score (nSPS) is 20.3. The second kappa shape index (κ2) is 5.59. The Kier molecular flexibility index (Phi) is 4.09. The predicted molar refractivity (Wildman–Crippen MR) is 67.3 cm³/mol. The molecule has 0 unspecified atom stereocenters. The zero-order valence-electron chi connectivity index (χ0n) is 10.9. The van der Waals surface area contributed by atoms with E-state index in [4.69, 9.17) is 5.11 Å². The van der Waals surface area contributed by atoms with Crippen LogP contribution in [0.5, 0.6) is 0 Å². The summed E-state index contributed by atoms with van der Waals surface area (Å²) in [6, 6.07) is -0.971. The van der Waals surface area contributed by atoms with Gasteiger partial charge in [0.25, 0.3) is 0 Å². The number of urea groups is 1. The summed E-state index contributed by atoms with van der Waals surface area (Å²) in [4.78, 5) is 24.8. The first-order chi connectivity index (χ1) is 8.60. The van der Waals surface area contributed by atoms with Crippen molar-refractivity contribution in [1.82, 2.24) is 10.2 Å². The van der Waals surface area contributed by atoms with E-state index in [2.05, 4.69) is 5.32 Å². The summed E-state index contributed by atoms with van der Waals surface area (Å²) in [6.45, 7) is 3.35. The SMILES string of the molecule is CC[C@@H](NC(=O)N(CC1CC1)CC1CC1)C(=O)O. The lowest BCUT2D eigenvalue weighted by Gasteiger charge is -2.25. The smallest absolute Gasteiger partial charge is 0.326 e. The lowest BCUT2D eigenvalue weighted by atomic mass is 10.2. The molecule has 0 bridgehead atoms. The number of amides is 2. The number of nitrogens with one attached hydrogen (secondary N) is 1. The highest BCUT2D eigenvalue weighted by Crippen LogP contribution is 2.33. The maximum absolute atomic E-state index is 12.1. The van der Waals surface area contributed by atoms with E-state index in [-0.39, 0.29) is 6.03 Å². The van der Waals surface area contributed by atoms with Crippen molar-refractivity contribution in [2.24, 2.45) is 11.8 Å². The van der Waals surface area contributed by atoms with Gasteiger partial charge >= 0.3 is 12.0 Å². The molecule has 2 amide bonds. The van der Waals surface area contributed by atoms with Gasteiger partial charge in [0, 0.05) is 13.1 Å². The second-order valence-corrected chi connectivity index (χ2v) is 5.54. The van der Waals surface area contributed by atoms with E-state index < -0.39 is 12.0 Å². The maximum Gasteiger partial charge on any atom is 0.326 e. The van der Waals surface area contributed by atoms with Crippen LogP contribution in [0.1, 0.15) is 39.0 Å². The molecular weight excluding hydrogens is 232 g/mol. The summed E-state index contributed by atoms with van der Waals surface area (Å²) in [7, 11) is 0. The molecule has 0 heterocycles. The van der Waals surface area contributed by atoms with E-state index in [9.17, 15) is 9.59 Å². The number of rotatable bonds is 7. The first kappa shape index (κ1) is 13.2. The van der Waals surface area contributed by atoms with E-state index in [1.165, 1.54) is 25.7 Å². The molecular formula is C13H22N2O3. The van der Waals surface area contributed by atoms with E-state index in [1.54, 1.807) is 6.92 Å². The lowest BCUT2D eigenvalue weighted by molar-refractivity contribution is -0.139. The lowest BCUT2D eigenvalue weighted by Crippen LogP contribution is -2.48. The Balaban J connectivity index is 1.86. The van der Waals surface area contributed by atoms with Crippen molar-refractivity contribution in [3.63, 3.8) is 0 Å².